The Morgan fingerprint density at radius 1 is 1.27 bits per heavy atom. The van der Waals surface area contributed by atoms with Crippen LogP contribution in [0.3, 0.4) is 0 Å². The monoisotopic (exact) mass is 424 g/mol. The molecule has 2 aliphatic rings. The molecular formula is C20H29BrN2O3. The Hall–Kier alpha value is -1.27. The molecule has 0 aromatic heterocycles. The molecule has 6 heteroatoms. The van der Waals surface area contributed by atoms with E-state index in [0.29, 0.717) is 13.2 Å². The molecule has 26 heavy (non-hydrogen) atoms. The Balaban J connectivity index is 1.69. The van der Waals surface area contributed by atoms with Crippen LogP contribution in [0.1, 0.15) is 46.1 Å². The van der Waals surface area contributed by atoms with E-state index in [9.17, 15) is 4.79 Å². The average Bonchev–Trinajstić information content (AvgIpc) is 3.31. The lowest BCUT2D eigenvalue weighted by Crippen LogP contribution is -2.56. The molecule has 1 saturated heterocycles. The molecule has 0 bridgehead atoms. The number of piperazine rings is 1. The Bertz CT molecular complexity index is 668. The lowest BCUT2D eigenvalue weighted by Gasteiger charge is -2.42. The predicted octanol–water partition coefficient (Wildman–Crippen LogP) is 4.43. The van der Waals surface area contributed by atoms with Gasteiger partial charge in [0.1, 0.15) is 11.4 Å². The van der Waals surface area contributed by atoms with Crippen LogP contribution in [-0.4, -0.2) is 53.3 Å². The Kier molecular flexibility index (Phi) is 5.54. The van der Waals surface area contributed by atoms with E-state index in [2.05, 4.69) is 33.0 Å². The minimum absolute atomic E-state index is 0.0982. The second-order valence-corrected chi connectivity index (χ2v) is 9.06. The molecule has 2 fully saturated rings. The zero-order valence-corrected chi connectivity index (χ0v) is 17.8. The first-order chi connectivity index (χ1) is 12.2. The summed E-state index contributed by atoms with van der Waals surface area (Å²) in [5, 5.41) is 0. The maximum absolute atomic E-state index is 12.4. The van der Waals surface area contributed by atoms with Crippen molar-refractivity contribution < 1.29 is 14.3 Å². The van der Waals surface area contributed by atoms with Crippen LogP contribution in [0.4, 0.5) is 4.79 Å². The van der Waals surface area contributed by atoms with Gasteiger partial charge in [-0.2, -0.15) is 0 Å². The van der Waals surface area contributed by atoms with Gasteiger partial charge in [-0.1, -0.05) is 12.1 Å². The number of hydrogen-bond acceptors (Lipinski definition) is 4. The molecule has 0 radical (unpaired) electrons. The van der Waals surface area contributed by atoms with Crippen LogP contribution in [0.5, 0.6) is 5.75 Å². The number of hydrogen-bond donors (Lipinski definition) is 0. The summed E-state index contributed by atoms with van der Waals surface area (Å²) in [5.41, 5.74) is 0.840. The third kappa shape index (κ3) is 4.34. The van der Waals surface area contributed by atoms with Crippen LogP contribution < -0.4 is 4.74 Å². The molecule has 1 saturated carbocycles. The summed E-state index contributed by atoms with van der Waals surface area (Å²) in [7, 11) is 0. The SMILES string of the molecule is CCOc1c(Br)cccc1CN1CCN(C(=O)OC(C)(C)C)CC12CC2. The normalized spacial score (nSPS) is 19.5. The van der Waals surface area contributed by atoms with E-state index in [1.165, 1.54) is 5.56 Å². The first-order valence-corrected chi connectivity index (χ1v) is 10.2. The van der Waals surface area contributed by atoms with Gasteiger partial charge in [-0.3, -0.25) is 4.90 Å². The van der Waals surface area contributed by atoms with Crippen molar-refractivity contribution in [2.45, 2.75) is 58.2 Å². The topological polar surface area (TPSA) is 42.0 Å². The molecule has 0 unspecified atom stereocenters. The maximum Gasteiger partial charge on any atom is 0.410 e. The van der Waals surface area contributed by atoms with E-state index in [-0.39, 0.29) is 11.6 Å². The molecule has 0 atom stereocenters. The maximum atomic E-state index is 12.4. The van der Waals surface area contributed by atoms with Crippen molar-refractivity contribution in [1.29, 1.82) is 0 Å². The molecule has 1 aromatic carbocycles. The molecule has 1 aliphatic carbocycles. The van der Waals surface area contributed by atoms with Crippen molar-refractivity contribution in [3.63, 3.8) is 0 Å². The Morgan fingerprint density at radius 3 is 2.62 bits per heavy atom. The number of carbonyl (C=O) groups is 1. The summed E-state index contributed by atoms with van der Waals surface area (Å²) in [5.74, 6) is 0.931. The van der Waals surface area contributed by atoms with Crippen molar-refractivity contribution in [2.24, 2.45) is 0 Å². The fraction of sp³-hybridized carbons (Fsp3) is 0.650. The quantitative estimate of drug-likeness (QED) is 0.716. The van der Waals surface area contributed by atoms with Gasteiger partial charge >= 0.3 is 6.09 Å². The fourth-order valence-electron chi connectivity index (χ4n) is 3.55. The van der Waals surface area contributed by atoms with Crippen LogP contribution in [0, 0.1) is 0 Å². The fourth-order valence-corrected chi connectivity index (χ4v) is 4.07. The molecule has 144 valence electrons. The van der Waals surface area contributed by atoms with Crippen LogP contribution in [0.25, 0.3) is 0 Å². The standard InChI is InChI=1S/C20H29BrN2O3/c1-5-25-17-15(7-6-8-16(17)21)13-23-12-11-22(14-20(23)9-10-20)18(24)26-19(2,3)4/h6-8H,5,9-14H2,1-4H3. The third-order valence-corrected chi connectivity index (χ3v) is 5.60. The molecule has 1 amide bonds. The third-order valence-electron chi connectivity index (χ3n) is 4.97. The first-order valence-electron chi connectivity index (χ1n) is 9.37. The number of para-hydroxylation sites is 1. The first kappa shape index (κ1) is 19.5. The lowest BCUT2D eigenvalue weighted by molar-refractivity contribution is -0.00254. The smallest absolute Gasteiger partial charge is 0.410 e. The summed E-state index contributed by atoms with van der Waals surface area (Å²) in [6.45, 7) is 11.5. The van der Waals surface area contributed by atoms with Gasteiger partial charge in [-0.15, -0.1) is 0 Å². The number of halogens is 1. The summed E-state index contributed by atoms with van der Waals surface area (Å²) in [6, 6.07) is 6.20. The molecule has 1 spiro atoms. The average molecular weight is 425 g/mol. The van der Waals surface area contributed by atoms with Crippen molar-refractivity contribution >= 4 is 22.0 Å². The summed E-state index contributed by atoms with van der Waals surface area (Å²) in [4.78, 5) is 16.8. The second kappa shape index (κ2) is 7.39. The van der Waals surface area contributed by atoms with Gasteiger partial charge in [0.05, 0.1) is 11.1 Å². The summed E-state index contributed by atoms with van der Waals surface area (Å²) < 4.78 is 12.4. The van der Waals surface area contributed by atoms with Crippen molar-refractivity contribution in [3.05, 3.63) is 28.2 Å². The number of rotatable bonds is 4. The highest BCUT2D eigenvalue weighted by Crippen LogP contribution is 2.46. The van der Waals surface area contributed by atoms with Crippen LogP contribution in [0.2, 0.25) is 0 Å². The Morgan fingerprint density at radius 2 is 2.00 bits per heavy atom. The second-order valence-electron chi connectivity index (χ2n) is 8.21. The van der Waals surface area contributed by atoms with Gasteiger partial charge in [0.2, 0.25) is 0 Å². The highest BCUT2D eigenvalue weighted by Gasteiger charge is 2.52. The van der Waals surface area contributed by atoms with Crippen LogP contribution in [-0.2, 0) is 11.3 Å². The van der Waals surface area contributed by atoms with E-state index in [1.807, 2.05) is 38.7 Å². The number of benzene rings is 1. The summed E-state index contributed by atoms with van der Waals surface area (Å²) in [6.07, 6.45) is 2.06. The molecule has 1 heterocycles. The molecular weight excluding hydrogens is 396 g/mol. The molecule has 1 aliphatic heterocycles. The number of amides is 1. The van der Waals surface area contributed by atoms with Crippen molar-refractivity contribution in [2.75, 3.05) is 26.2 Å². The highest BCUT2D eigenvalue weighted by atomic mass is 79.9. The van der Waals surface area contributed by atoms with Gasteiger partial charge in [0, 0.05) is 37.3 Å². The van der Waals surface area contributed by atoms with Crippen molar-refractivity contribution in [1.82, 2.24) is 9.80 Å². The van der Waals surface area contributed by atoms with E-state index in [0.717, 1.165) is 42.7 Å². The van der Waals surface area contributed by atoms with Gasteiger partial charge < -0.3 is 14.4 Å². The highest BCUT2D eigenvalue weighted by molar-refractivity contribution is 9.10. The minimum atomic E-state index is -0.451. The van der Waals surface area contributed by atoms with E-state index >= 15 is 0 Å². The number of carbonyl (C=O) groups excluding carboxylic acids is 1. The van der Waals surface area contributed by atoms with E-state index in [1.54, 1.807) is 0 Å². The van der Waals surface area contributed by atoms with Crippen LogP contribution >= 0.6 is 15.9 Å². The van der Waals surface area contributed by atoms with E-state index < -0.39 is 5.60 Å². The zero-order valence-electron chi connectivity index (χ0n) is 16.2. The summed E-state index contributed by atoms with van der Waals surface area (Å²) >= 11 is 3.60. The van der Waals surface area contributed by atoms with Crippen molar-refractivity contribution in [3.8, 4) is 5.75 Å². The van der Waals surface area contributed by atoms with Gasteiger partial charge in [-0.25, -0.2) is 4.79 Å². The molecule has 3 rings (SSSR count). The number of nitrogens with zero attached hydrogens (tertiary/aromatic N) is 2. The zero-order chi connectivity index (χ0) is 18.9. The molecule has 0 N–H and O–H groups in total. The largest absolute Gasteiger partial charge is 0.492 e. The van der Waals surface area contributed by atoms with Gasteiger partial charge in [-0.05, 0) is 62.5 Å². The van der Waals surface area contributed by atoms with Crippen LogP contribution in [0.15, 0.2) is 22.7 Å². The Labute approximate surface area is 164 Å². The van der Waals surface area contributed by atoms with Gasteiger partial charge in [0.15, 0.2) is 0 Å². The number of ether oxygens (including phenoxy) is 2. The lowest BCUT2D eigenvalue weighted by atomic mass is 10.1. The van der Waals surface area contributed by atoms with E-state index in [4.69, 9.17) is 9.47 Å². The van der Waals surface area contributed by atoms with Gasteiger partial charge in [0.25, 0.3) is 0 Å². The molecule has 1 aromatic rings. The predicted molar refractivity (Wildman–Crippen MR) is 105 cm³/mol. The molecule has 5 nitrogen and oxygen atoms in total. The minimum Gasteiger partial charge on any atom is -0.492 e.